The summed E-state index contributed by atoms with van der Waals surface area (Å²) in [7, 11) is 0. The first-order valence-electron chi connectivity index (χ1n) is 16.6. The zero-order chi connectivity index (χ0) is 33.0. The number of benzene rings is 7. The highest BCUT2D eigenvalue weighted by Gasteiger charge is 2.19. The summed E-state index contributed by atoms with van der Waals surface area (Å²) in [6, 6.07) is 56.7. The Morgan fingerprint density at radius 1 is 0.360 bits per heavy atom. The van der Waals surface area contributed by atoms with Gasteiger partial charge in [-0.15, -0.1) is 11.3 Å². The van der Waals surface area contributed by atoms with Crippen molar-refractivity contribution in [2.45, 2.75) is 0 Å². The van der Waals surface area contributed by atoms with Crippen LogP contribution < -0.4 is 0 Å². The molecule has 234 valence electrons. The fraction of sp³-hybridized carbons (Fsp3) is 0. The molecule has 0 atom stereocenters. The molecule has 0 saturated carbocycles. The number of nitrogens with zero attached hydrogens (tertiary/aromatic N) is 3. The summed E-state index contributed by atoms with van der Waals surface area (Å²) in [5.41, 5.74) is 8.89. The van der Waals surface area contributed by atoms with Gasteiger partial charge in [-0.2, -0.15) is 0 Å². The van der Waals surface area contributed by atoms with Gasteiger partial charge in [-0.3, -0.25) is 0 Å². The van der Waals surface area contributed by atoms with E-state index in [1.54, 1.807) is 0 Å². The molecule has 0 aliphatic heterocycles. The minimum absolute atomic E-state index is 0.620. The Morgan fingerprint density at radius 3 is 1.54 bits per heavy atom. The summed E-state index contributed by atoms with van der Waals surface area (Å²) < 4.78 is 9.47. The van der Waals surface area contributed by atoms with Crippen molar-refractivity contribution in [1.29, 1.82) is 0 Å². The second-order valence-corrected chi connectivity index (χ2v) is 13.4. The van der Waals surface area contributed by atoms with Crippen LogP contribution in [0.4, 0.5) is 0 Å². The zero-order valence-electron chi connectivity index (χ0n) is 26.7. The Hall–Kier alpha value is -6.43. The number of hydrogen-bond acceptors (Lipinski definition) is 5. The third-order valence-electron chi connectivity index (χ3n) is 9.35. The van der Waals surface area contributed by atoms with E-state index >= 15 is 0 Å². The molecule has 0 N–H and O–H groups in total. The van der Waals surface area contributed by atoms with Crippen molar-refractivity contribution in [2.24, 2.45) is 0 Å². The molecule has 7 aromatic carbocycles. The van der Waals surface area contributed by atoms with Crippen LogP contribution in [0.15, 0.2) is 168 Å². The fourth-order valence-corrected chi connectivity index (χ4v) is 8.21. The van der Waals surface area contributed by atoms with Gasteiger partial charge in [0.2, 0.25) is 0 Å². The van der Waals surface area contributed by atoms with Crippen LogP contribution >= 0.6 is 11.3 Å². The molecule has 50 heavy (non-hydrogen) atoms. The van der Waals surface area contributed by atoms with E-state index < -0.39 is 0 Å². The molecule has 3 heterocycles. The SMILES string of the molecule is c1ccc(-c2nc(-c3ccccc3)nc(-c3cccc(-c4cccc5c4oc4c(-c6cccc7c6sc6ccccc67)cccc45)c3)n2)cc1. The van der Waals surface area contributed by atoms with E-state index in [1.165, 1.54) is 25.7 Å². The van der Waals surface area contributed by atoms with Gasteiger partial charge in [-0.25, -0.2) is 15.0 Å². The molecule has 0 saturated heterocycles. The van der Waals surface area contributed by atoms with Gasteiger partial charge >= 0.3 is 0 Å². The first-order valence-corrected chi connectivity index (χ1v) is 17.4. The summed E-state index contributed by atoms with van der Waals surface area (Å²) in [5, 5.41) is 4.76. The van der Waals surface area contributed by atoms with Crippen molar-refractivity contribution < 1.29 is 4.42 Å². The predicted molar refractivity (Wildman–Crippen MR) is 207 cm³/mol. The van der Waals surface area contributed by atoms with Crippen molar-refractivity contribution in [2.75, 3.05) is 0 Å². The van der Waals surface area contributed by atoms with Crippen molar-refractivity contribution in [3.05, 3.63) is 164 Å². The molecular formula is C45H27N3OS. The molecule has 0 unspecified atom stereocenters. The third kappa shape index (κ3) is 4.71. The Labute approximate surface area is 292 Å². The highest BCUT2D eigenvalue weighted by Crippen LogP contribution is 2.44. The van der Waals surface area contributed by atoms with E-state index in [2.05, 4.69) is 103 Å². The first kappa shape index (κ1) is 28.6. The van der Waals surface area contributed by atoms with Gasteiger partial charge in [0.15, 0.2) is 17.5 Å². The second kappa shape index (κ2) is 11.6. The molecule has 3 aromatic heterocycles. The summed E-state index contributed by atoms with van der Waals surface area (Å²) in [4.78, 5) is 14.8. The smallest absolute Gasteiger partial charge is 0.164 e. The Balaban J connectivity index is 1.13. The van der Waals surface area contributed by atoms with Crippen LogP contribution in [0.3, 0.4) is 0 Å². The normalized spacial score (nSPS) is 11.6. The molecule has 10 rings (SSSR count). The lowest BCUT2D eigenvalue weighted by Crippen LogP contribution is -2.00. The highest BCUT2D eigenvalue weighted by molar-refractivity contribution is 7.26. The quantitative estimate of drug-likeness (QED) is 0.185. The number of fused-ring (bicyclic) bond motifs is 6. The average Bonchev–Trinajstić information content (AvgIpc) is 3.77. The largest absolute Gasteiger partial charge is 0.455 e. The van der Waals surface area contributed by atoms with Crippen molar-refractivity contribution >= 4 is 53.4 Å². The van der Waals surface area contributed by atoms with E-state index in [-0.39, 0.29) is 0 Å². The van der Waals surface area contributed by atoms with E-state index in [9.17, 15) is 0 Å². The summed E-state index contributed by atoms with van der Waals surface area (Å²) >= 11 is 1.84. The molecule has 5 heteroatoms. The van der Waals surface area contributed by atoms with Crippen LogP contribution in [0.2, 0.25) is 0 Å². The Kier molecular flexibility index (Phi) is 6.64. The third-order valence-corrected chi connectivity index (χ3v) is 10.6. The predicted octanol–water partition coefficient (Wildman–Crippen LogP) is 12.5. The van der Waals surface area contributed by atoms with Gasteiger partial charge in [0.1, 0.15) is 11.2 Å². The van der Waals surface area contributed by atoms with Crippen LogP contribution in [-0.4, -0.2) is 15.0 Å². The molecule has 0 aliphatic carbocycles. The summed E-state index contributed by atoms with van der Waals surface area (Å²) in [6.45, 7) is 0. The molecular weight excluding hydrogens is 631 g/mol. The molecule has 0 amide bonds. The zero-order valence-corrected chi connectivity index (χ0v) is 27.6. The standard InChI is InChI=1S/C45H27N3OS/c1-3-13-28(14-4-1)43-46-44(29-15-5-2-6-16-29)48-45(47-43)31-18-9-17-30(27-31)32-20-10-21-34-35-22-11-23-36(41(35)49-40(32)34)38-25-12-24-37-33-19-7-8-26-39(33)50-42(37)38/h1-27H. The van der Waals surface area contributed by atoms with Crippen molar-refractivity contribution in [3.63, 3.8) is 0 Å². The number of aromatic nitrogens is 3. The fourth-order valence-electron chi connectivity index (χ4n) is 6.98. The Bertz CT molecular complexity index is 2820. The maximum Gasteiger partial charge on any atom is 0.164 e. The molecule has 0 bridgehead atoms. The summed E-state index contributed by atoms with van der Waals surface area (Å²) in [5.74, 6) is 1.90. The van der Waals surface area contributed by atoms with Gasteiger partial charge in [-0.1, -0.05) is 152 Å². The van der Waals surface area contributed by atoms with Crippen molar-refractivity contribution in [3.8, 4) is 56.4 Å². The van der Waals surface area contributed by atoms with Crippen molar-refractivity contribution in [1.82, 2.24) is 15.0 Å². The molecule has 4 nitrogen and oxygen atoms in total. The number of hydrogen-bond donors (Lipinski definition) is 0. The van der Waals surface area contributed by atoms with Gasteiger partial charge in [0.05, 0.1) is 0 Å². The van der Waals surface area contributed by atoms with E-state index in [1.807, 2.05) is 72.0 Å². The number of para-hydroxylation sites is 2. The topological polar surface area (TPSA) is 51.8 Å². The number of furan rings is 1. The minimum Gasteiger partial charge on any atom is -0.455 e. The first-order chi connectivity index (χ1) is 24.8. The average molecular weight is 658 g/mol. The van der Waals surface area contributed by atoms with Crippen LogP contribution in [0.25, 0.3) is 98.5 Å². The second-order valence-electron chi connectivity index (χ2n) is 12.4. The number of thiophene rings is 1. The monoisotopic (exact) mass is 657 g/mol. The van der Waals surface area contributed by atoms with Gasteiger partial charge < -0.3 is 4.42 Å². The molecule has 0 spiro atoms. The number of rotatable bonds is 5. The lowest BCUT2D eigenvalue weighted by atomic mass is 9.98. The van der Waals surface area contributed by atoms with Crippen LogP contribution in [-0.2, 0) is 0 Å². The van der Waals surface area contributed by atoms with Gasteiger partial charge in [0, 0.05) is 64.3 Å². The van der Waals surface area contributed by atoms with Crippen LogP contribution in [0.5, 0.6) is 0 Å². The maximum atomic E-state index is 6.91. The molecule has 10 aromatic rings. The van der Waals surface area contributed by atoms with Crippen LogP contribution in [0, 0.1) is 0 Å². The van der Waals surface area contributed by atoms with E-state index in [4.69, 9.17) is 19.4 Å². The lowest BCUT2D eigenvalue weighted by molar-refractivity contribution is 0.671. The van der Waals surface area contributed by atoms with E-state index in [0.717, 1.165) is 55.3 Å². The highest BCUT2D eigenvalue weighted by atomic mass is 32.1. The summed E-state index contributed by atoms with van der Waals surface area (Å²) in [6.07, 6.45) is 0. The minimum atomic E-state index is 0.620. The maximum absolute atomic E-state index is 6.91. The van der Waals surface area contributed by atoms with Gasteiger partial charge in [0.25, 0.3) is 0 Å². The molecule has 0 fully saturated rings. The molecule has 0 aliphatic rings. The van der Waals surface area contributed by atoms with E-state index in [0.29, 0.717) is 17.5 Å². The lowest BCUT2D eigenvalue weighted by Gasteiger charge is -2.10. The van der Waals surface area contributed by atoms with Crippen LogP contribution in [0.1, 0.15) is 0 Å². The van der Waals surface area contributed by atoms with Gasteiger partial charge in [-0.05, 0) is 17.7 Å². The Morgan fingerprint density at radius 2 is 0.840 bits per heavy atom. The molecule has 0 radical (unpaired) electrons.